The number of Topliss-reactive ketones (excluding diaryl/α,β-unsaturated/α-hetero) is 2. The van der Waals surface area contributed by atoms with Gasteiger partial charge in [0.1, 0.15) is 18.1 Å². The number of benzene rings is 2. The molecule has 136 valence electrons. The summed E-state index contributed by atoms with van der Waals surface area (Å²) < 4.78 is 11.7. The molecule has 0 heterocycles. The standard InChI is InChI=1S/C22H24O4/c1-5-25-19-9-7-16(15(4)23)11-17(19)12-26-20-8-6-13(2)21-14(3)10-18(24)22(20)21/h6-9,11,14H,5,10,12H2,1-4H3/t14-/m0/s1. The van der Waals surface area contributed by atoms with Gasteiger partial charge < -0.3 is 9.47 Å². The van der Waals surface area contributed by atoms with E-state index in [0.29, 0.717) is 35.7 Å². The average molecular weight is 352 g/mol. The van der Waals surface area contributed by atoms with E-state index in [2.05, 4.69) is 6.92 Å². The fourth-order valence-corrected chi connectivity index (χ4v) is 3.59. The molecule has 1 aliphatic rings. The van der Waals surface area contributed by atoms with Crippen molar-refractivity contribution >= 4 is 11.6 Å². The lowest BCUT2D eigenvalue weighted by atomic mass is 9.97. The van der Waals surface area contributed by atoms with Crippen LogP contribution in [0.5, 0.6) is 11.5 Å². The van der Waals surface area contributed by atoms with Crippen LogP contribution < -0.4 is 9.47 Å². The molecule has 0 spiro atoms. The monoisotopic (exact) mass is 352 g/mol. The molecule has 1 atom stereocenters. The zero-order valence-electron chi connectivity index (χ0n) is 15.7. The van der Waals surface area contributed by atoms with E-state index in [1.165, 1.54) is 6.92 Å². The Bertz CT molecular complexity index is 867. The van der Waals surface area contributed by atoms with E-state index < -0.39 is 0 Å². The first-order valence-electron chi connectivity index (χ1n) is 8.98. The van der Waals surface area contributed by atoms with Crippen LogP contribution >= 0.6 is 0 Å². The van der Waals surface area contributed by atoms with Crippen molar-refractivity contribution in [3.05, 3.63) is 58.1 Å². The number of hydrogen-bond donors (Lipinski definition) is 0. The lowest BCUT2D eigenvalue weighted by Gasteiger charge is -2.15. The van der Waals surface area contributed by atoms with Crippen molar-refractivity contribution in [1.82, 2.24) is 0 Å². The van der Waals surface area contributed by atoms with Gasteiger partial charge >= 0.3 is 0 Å². The molecule has 3 rings (SSSR count). The van der Waals surface area contributed by atoms with E-state index >= 15 is 0 Å². The Hall–Kier alpha value is -2.62. The van der Waals surface area contributed by atoms with Gasteiger partial charge in [0.2, 0.25) is 0 Å². The summed E-state index contributed by atoms with van der Waals surface area (Å²) >= 11 is 0. The highest BCUT2D eigenvalue weighted by molar-refractivity contribution is 6.04. The van der Waals surface area contributed by atoms with Gasteiger partial charge in [-0.25, -0.2) is 0 Å². The van der Waals surface area contributed by atoms with Crippen molar-refractivity contribution in [1.29, 1.82) is 0 Å². The summed E-state index contributed by atoms with van der Waals surface area (Å²) in [5.74, 6) is 1.65. The summed E-state index contributed by atoms with van der Waals surface area (Å²) in [5, 5.41) is 0. The maximum Gasteiger partial charge on any atom is 0.167 e. The number of carbonyl (C=O) groups is 2. The summed E-state index contributed by atoms with van der Waals surface area (Å²) in [6, 6.07) is 9.21. The highest BCUT2D eigenvalue weighted by Gasteiger charge is 2.31. The zero-order valence-corrected chi connectivity index (χ0v) is 15.7. The Morgan fingerprint density at radius 2 is 1.88 bits per heavy atom. The predicted octanol–water partition coefficient (Wildman–Crippen LogP) is 4.87. The normalized spacial score (nSPS) is 15.7. The molecular formula is C22H24O4. The Labute approximate surface area is 154 Å². The Balaban J connectivity index is 1.92. The van der Waals surface area contributed by atoms with Gasteiger partial charge in [0, 0.05) is 17.5 Å². The minimum absolute atomic E-state index is 0.00507. The van der Waals surface area contributed by atoms with Crippen molar-refractivity contribution in [2.75, 3.05) is 6.61 Å². The van der Waals surface area contributed by atoms with Crippen LogP contribution in [-0.2, 0) is 6.61 Å². The van der Waals surface area contributed by atoms with Gasteiger partial charge in [0.05, 0.1) is 12.2 Å². The summed E-state index contributed by atoms with van der Waals surface area (Å²) in [6.45, 7) is 8.32. The number of hydrogen-bond acceptors (Lipinski definition) is 4. The first-order valence-corrected chi connectivity index (χ1v) is 8.98. The molecule has 0 N–H and O–H groups in total. The molecule has 4 nitrogen and oxygen atoms in total. The Morgan fingerprint density at radius 3 is 2.58 bits per heavy atom. The molecule has 0 aromatic heterocycles. The second kappa shape index (κ2) is 7.32. The fourth-order valence-electron chi connectivity index (χ4n) is 3.59. The maximum atomic E-state index is 12.4. The van der Waals surface area contributed by atoms with Crippen LogP contribution in [0.1, 0.15) is 70.5 Å². The van der Waals surface area contributed by atoms with Crippen LogP contribution in [0, 0.1) is 6.92 Å². The molecule has 2 aromatic carbocycles. The van der Waals surface area contributed by atoms with Gasteiger partial charge in [-0.05, 0) is 62.1 Å². The highest BCUT2D eigenvalue weighted by Crippen LogP contribution is 2.40. The van der Waals surface area contributed by atoms with Crippen molar-refractivity contribution in [3.63, 3.8) is 0 Å². The topological polar surface area (TPSA) is 52.6 Å². The number of fused-ring (bicyclic) bond motifs is 1. The van der Waals surface area contributed by atoms with Crippen molar-refractivity contribution < 1.29 is 19.1 Å². The third-order valence-corrected chi connectivity index (χ3v) is 4.84. The number of rotatable bonds is 6. The Kier molecular flexibility index (Phi) is 5.12. The van der Waals surface area contributed by atoms with E-state index in [1.807, 2.05) is 26.0 Å². The molecule has 0 radical (unpaired) electrons. The minimum atomic E-state index is -0.00507. The van der Waals surface area contributed by atoms with Crippen molar-refractivity contribution in [2.24, 2.45) is 0 Å². The number of aryl methyl sites for hydroxylation is 1. The first kappa shape index (κ1) is 18.2. The summed E-state index contributed by atoms with van der Waals surface area (Å²) in [6.07, 6.45) is 0.528. The molecule has 0 saturated heterocycles. The molecule has 26 heavy (non-hydrogen) atoms. The van der Waals surface area contributed by atoms with Gasteiger partial charge in [-0.2, -0.15) is 0 Å². The second-order valence-corrected chi connectivity index (χ2v) is 6.80. The highest BCUT2D eigenvalue weighted by atomic mass is 16.5. The SMILES string of the molecule is CCOc1ccc(C(C)=O)cc1COc1ccc(C)c2c1C(=O)C[C@@H]2C. The molecule has 0 amide bonds. The molecule has 0 saturated carbocycles. The molecule has 1 aliphatic carbocycles. The second-order valence-electron chi connectivity index (χ2n) is 6.80. The largest absolute Gasteiger partial charge is 0.493 e. The van der Waals surface area contributed by atoms with Gasteiger partial charge in [0.25, 0.3) is 0 Å². The number of ketones is 2. The zero-order chi connectivity index (χ0) is 18.8. The third-order valence-electron chi connectivity index (χ3n) is 4.84. The predicted molar refractivity (Wildman–Crippen MR) is 100 cm³/mol. The first-order chi connectivity index (χ1) is 12.4. The van der Waals surface area contributed by atoms with Gasteiger partial charge in [-0.1, -0.05) is 13.0 Å². The van der Waals surface area contributed by atoms with Crippen LogP contribution in [0.2, 0.25) is 0 Å². The van der Waals surface area contributed by atoms with E-state index in [-0.39, 0.29) is 24.1 Å². The summed E-state index contributed by atoms with van der Waals surface area (Å²) in [7, 11) is 0. The maximum absolute atomic E-state index is 12.4. The smallest absolute Gasteiger partial charge is 0.167 e. The van der Waals surface area contributed by atoms with Crippen molar-refractivity contribution in [3.8, 4) is 11.5 Å². The van der Waals surface area contributed by atoms with E-state index in [4.69, 9.17) is 9.47 Å². The lowest BCUT2D eigenvalue weighted by molar-refractivity contribution is 0.0984. The van der Waals surface area contributed by atoms with Crippen LogP contribution in [0.3, 0.4) is 0 Å². The van der Waals surface area contributed by atoms with E-state index in [1.54, 1.807) is 18.2 Å². The molecule has 0 fully saturated rings. The Morgan fingerprint density at radius 1 is 1.15 bits per heavy atom. The van der Waals surface area contributed by atoms with Gasteiger partial charge in [-0.3, -0.25) is 9.59 Å². The summed E-state index contributed by atoms with van der Waals surface area (Å²) in [5.41, 5.74) is 4.34. The quantitative estimate of drug-likeness (QED) is 0.696. The molecule has 0 unspecified atom stereocenters. The van der Waals surface area contributed by atoms with E-state index in [0.717, 1.165) is 16.7 Å². The molecule has 0 aliphatic heterocycles. The fraction of sp³-hybridized carbons (Fsp3) is 0.364. The molecule has 4 heteroatoms. The van der Waals surface area contributed by atoms with Crippen LogP contribution in [-0.4, -0.2) is 18.2 Å². The van der Waals surface area contributed by atoms with Crippen LogP contribution in [0.4, 0.5) is 0 Å². The molecular weight excluding hydrogens is 328 g/mol. The molecule has 0 bridgehead atoms. The van der Waals surface area contributed by atoms with Crippen LogP contribution in [0.15, 0.2) is 30.3 Å². The minimum Gasteiger partial charge on any atom is -0.493 e. The lowest BCUT2D eigenvalue weighted by Crippen LogP contribution is -2.06. The number of carbonyl (C=O) groups excluding carboxylic acids is 2. The van der Waals surface area contributed by atoms with Crippen LogP contribution in [0.25, 0.3) is 0 Å². The third kappa shape index (κ3) is 3.36. The molecule has 2 aromatic rings. The van der Waals surface area contributed by atoms with Crippen molar-refractivity contribution in [2.45, 2.75) is 46.6 Å². The van der Waals surface area contributed by atoms with Gasteiger partial charge in [-0.15, -0.1) is 0 Å². The number of ether oxygens (including phenoxy) is 2. The summed E-state index contributed by atoms with van der Waals surface area (Å²) in [4.78, 5) is 24.1. The van der Waals surface area contributed by atoms with Gasteiger partial charge in [0.15, 0.2) is 11.6 Å². The van der Waals surface area contributed by atoms with E-state index in [9.17, 15) is 9.59 Å². The average Bonchev–Trinajstić information content (AvgIpc) is 2.91.